The average molecular weight is 298 g/mol. The highest BCUT2D eigenvalue weighted by atomic mass is 16.5. The molecule has 0 atom stereocenters. The summed E-state index contributed by atoms with van der Waals surface area (Å²) in [6.45, 7) is 12.1. The van der Waals surface area contributed by atoms with E-state index in [1.165, 1.54) is 12.8 Å². The molecule has 2 saturated heterocycles. The number of amides is 1. The van der Waals surface area contributed by atoms with Gasteiger partial charge in [-0.05, 0) is 44.7 Å². The van der Waals surface area contributed by atoms with Gasteiger partial charge in [-0.2, -0.15) is 0 Å². The summed E-state index contributed by atoms with van der Waals surface area (Å²) < 4.78 is 5.11. The predicted octanol–water partition coefficient (Wildman–Crippen LogP) is 2.63. The van der Waals surface area contributed by atoms with Crippen LogP contribution in [0.1, 0.15) is 46.5 Å². The molecule has 21 heavy (non-hydrogen) atoms. The molecular weight excluding hydrogens is 264 g/mol. The van der Waals surface area contributed by atoms with Gasteiger partial charge < -0.3 is 14.5 Å². The summed E-state index contributed by atoms with van der Waals surface area (Å²) in [6.07, 6.45) is 4.40. The van der Waals surface area contributed by atoms with Crippen LogP contribution in [0.2, 0.25) is 0 Å². The van der Waals surface area contributed by atoms with E-state index < -0.39 is 0 Å². The topological polar surface area (TPSA) is 32.8 Å². The molecule has 2 aliphatic rings. The monoisotopic (exact) mass is 298 g/mol. The third kappa shape index (κ3) is 5.95. The van der Waals surface area contributed by atoms with Crippen molar-refractivity contribution in [2.45, 2.75) is 46.5 Å². The second-order valence-electron chi connectivity index (χ2n) is 6.12. The molecule has 2 fully saturated rings. The molecular formula is C17H34N2O2. The second-order valence-corrected chi connectivity index (χ2v) is 6.12. The summed E-state index contributed by atoms with van der Waals surface area (Å²) in [7, 11) is 1.74. The maximum Gasteiger partial charge on any atom is 0.225 e. The molecule has 0 aliphatic carbocycles. The first-order valence-electron chi connectivity index (χ1n) is 8.70. The first kappa shape index (κ1) is 18.4. The van der Waals surface area contributed by atoms with Gasteiger partial charge in [-0.3, -0.25) is 4.79 Å². The largest absolute Gasteiger partial charge is 0.383 e. The van der Waals surface area contributed by atoms with E-state index in [1.54, 1.807) is 7.11 Å². The fourth-order valence-corrected chi connectivity index (χ4v) is 3.11. The number of likely N-dealkylation sites (tertiary alicyclic amines) is 2. The van der Waals surface area contributed by atoms with Crippen molar-refractivity contribution in [2.75, 3.05) is 46.4 Å². The summed E-state index contributed by atoms with van der Waals surface area (Å²) in [5, 5.41) is 0. The molecule has 0 unspecified atom stereocenters. The summed E-state index contributed by atoms with van der Waals surface area (Å²) in [5.74, 6) is 1.48. The van der Waals surface area contributed by atoms with Crippen LogP contribution in [-0.4, -0.2) is 62.1 Å². The quantitative estimate of drug-likeness (QED) is 0.800. The Balaban J connectivity index is 0.00000106. The number of hydrogen-bond donors (Lipinski definition) is 0. The van der Waals surface area contributed by atoms with E-state index in [2.05, 4.69) is 16.7 Å². The third-order valence-corrected chi connectivity index (χ3v) is 4.64. The van der Waals surface area contributed by atoms with Gasteiger partial charge >= 0.3 is 0 Å². The average Bonchev–Trinajstić information content (AvgIpc) is 2.55. The smallest absolute Gasteiger partial charge is 0.225 e. The number of carbonyl (C=O) groups is 1. The van der Waals surface area contributed by atoms with Crippen LogP contribution >= 0.6 is 0 Å². The van der Waals surface area contributed by atoms with Gasteiger partial charge in [-0.1, -0.05) is 20.8 Å². The van der Waals surface area contributed by atoms with Gasteiger partial charge in [0.15, 0.2) is 0 Å². The molecule has 2 heterocycles. The molecule has 0 saturated carbocycles. The van der Waals surface area contributed by atoms with Gasteiger partial charge in [0.1, 0.15) is 0 Å². The number of piperidine rings is 2. The SMILES string of the molecule is CC.COCCN1CCC(C(=O)N2CCC(C)CC2)CC1. The first-order valence-corrected chi connectivity index (χ1v) is 8.70. The molecule has 0 aromatic heterocycles. The van der Waals surface area contributed by atoms with Crippen molar-refractivity contribution in [3.05, 3.63) is 0 Å². The molecule has 4 nitrogen and oxygen atoms in total. The van der Waals surface area contributed by atoms with E-state index in [1.807, 2.05) is 13.8 Å². The van der Waals surface area contributed by atoms with Crippen LogP contribution < -0.4 is 0 Å². The summed E-state index contributed by atoms with van der Waals surface area (Å²) >= 11 is 0. The molecule has 0 aromatic rings. The highest BCUT2D eigenvalue weighted by Crippen LogP contribution is 2.23. The molecule has 1 amide bonds. The summed E-state index contributed by atoms with van der Waals surface area (Å²) in [5.41, 5.74) is 0. The molecule has 0 aromatic carbocycles. The van der Waals surface area contributed by atoms with Gasteiger partial charge in [0.2, 0.25) is 5.91 Å². The highest BCUT2D eigenvalue weighted by Gasteiger charge is 2.29. The fourth-order valence-electron chi connectivity index (χ4n) is 3.11. The molecule has 4 heteroatoms. The fraction of sp³-hybridized carbons (Fsp3) is 0.941. The maximum absolute atomic E-state index is 12.5. The van der Waals surface area contributed by atoms with Crippen molar-refractivity contribution < 1.29 is 9.53 Å². The minimum absolute atomic E-state index is 0.271. The third-order valence-electron chi connectivity index (χ3n) is 4.64. The van der Waals surface area contributed by atoms with Crippen LogP contribution in [0.15, 0.2) is 0 Å². The molecule has 2 aliphatic heterocycles. The Hall–Kier alpha value is -0.610. The minimum atomic E-state index is 0.271. The number of rotatable bonds is 4. The predicted molar refractivity (Wildman–Crippen MR) is 87.4 cm³/mol. The zero-order valence-electron chi connectivity index (χ0n) is 14.4. The highest BCUT2D eigenvalue weighted by molar-refractivity contribution is 5.79. The van der Waals surface area contributed by atoms with E-state index in [0.29, 0.717) is 5.91 Å². The van der Waals surface area contributed by atoms with Gasteiger partial charge in [-0.15, -0.1) is 0 Å². The Labute approximate surface area is 130 Å². The van der Waals surface area contributed by atoms with Crippen molar-refractivity contribution in [3.63, 3.8) is 0 Å². The van der Waals surface area contributed by atoms with Crippen LogP contribution in [0, 0.1) is 11.8 Å². The lowest BCUT2D eigenvalue weighted by Crippen LogP contribution is -2.45. The van der Waals surface area contributed by atoms with Crippen molar-refractivity contribution in [1.29, 1.82) is 0 Å². The molecule has 0 bridgehead atoms. The van der Waals surface area contributed by atoms with Crippen molar-refractivity contribution in [1.82, 2.24) is 9.80 Å². The lowest BCUT2D eigenvalue weighted by molar-refractivity contribution is -0.138. The normalized spacial score (nSPS) is 21.8. The van der Waals surface area contributed by atoms with E-state index >= 15 is 0 Å². The Morgan fingerprint density at radius 2 is 1.62 bits per heavy atom. The number of hydrogen-bond acceptors (Lipinski definition) is 3. The van der Waals surface area contributed by atoms with Gasteiger partial charge in [-0.25, -0.2) is 0 Å². The van der Waals surface area contributed by atoms with Crippen molar-refractivity contribution >= 4 is 5.91 Å². The number of carbonyl (C=O) groups excluding carboxylic acids is 1. The Morgan fingerprint density at radius 1 is 1.05 bits per heavy atom. The number of ether oxygens (including phenoxy) is 1. The molecule has 124 valence electrons. The Kier molecular flexibility index (Phi) is 8.93. The van der Waals surface area contributed by atoms with Crippen LogP contribution in [0.3, 0.4) is 0 Å². The van der Waals surface area contributed by atoms with Gasteiger partial charge in [0.05, 0.1) is 6.61 Å². The van der Waals surface area contributed by atoms with Gasteiger partial charge in [0, 0.05) is 32.7 Å². The minimum Gasteiger partial charge on any atom is -0.383 e. The second kappa shape index (κ2) is 10.2. The Morgan fingerprint density at radius 3 is 2.14 bits per heavy atom. The van der Waals surface area contributed by atoms with E-state index in [-0.39, 0.29) is 5.92 Å². The van der Waals surface area contributed by atoms with Crippen molar-refractivity contribution in [2.24, 2.45) is 11.8 Å². The summed E-state index contributed by atoms with van der Waals surface area (Å²) in [4.78, 5) is 17.0. The molecule has 0 radical (unpaired) electrons. The van der Waals surface area contributed by atoms with Crippen LogP contribution in [-0.2, 0) is 9.53 Å². The van der Waals surface area contributed by atoms with E-state index in [0.717, 1.165) is 58.1 Å². The molecule has 2 rings (SSSR count). The number of methoxy groups -OCH3 is 1. The summed E-state index contributed by atoms with van der Waals surface area (Å²) in [6, 6.07) is 0. The number of nitrogens with zero attached hydrogens (tertiary/aromatic N) is 2. The Bertz CT molecular complexity index is 281. The lowest BCUT2D eigenvalue weighted by Gasteiger charge is -2.36. The zero-order valence-corrected chi connectivity index (χ0v) is 14.4. The maximum atomic E-state index is 12.5. The van der Waals surface area contributed by atoms with E-state index in [4.69, 9.17) is 4.74 Å². The zero-order chi connectivity index (χ0) is 15.7. The van der Waals surface area contributed by atoms with Crippen molar-refractivity contribution in [3.8, 4) is 0 Å². The first-order chi connectivity index (χ1) is 10.2. The lowest BCUT2D eigenvalue weighted by atomic mass is 9.93. The van der Waals surface area contributed by atoms with Crippen LogP contribution in [0.4, 0.5) is 0 Å². The molecule has 0 N–H and O–H groups in total. The van der Waals surface area contributed by atoms with Crippen LogP contribution in [0.5, 0.6) is 0 Å². The standard InChI is InChI=1S/C15H28N2O2.C2H6/c1-13-3-9-17(10-4-13)15(18)14-5-7-16(8-6-14)11-12-19-2;1-2/h13-14H,3-12H2,1-2H3;1-2H3. The van der Waals surface area contributed by atoms with E-state index in [9.17, 15) is 4.79 Å². The molecule has 0 spiro atoms. The van der Waals surface area contributed by atoms with Gasteiger partial charge in [0.25, 0.3) is 0 Å². The van der Waals surface area contributed by atoms with Crippen LogP contribution in [0.25, 0.3) is 0 Å².